The predicted molar refractivity (Wildman–Crippen MR) is 155 cm³/mol. The number of hydrogen-bond donors (Lipinski definition) is 0. The number of ketones is 1. The number of benzene rings is 4. The maximum atomic E-state index is 13.0. The Hall–Kier alpha value is -5.64. The summed E-state index contributed by atoms with van der Waals surface area (Å²) in [5.41, 5.74) is 2.35. The Morgan fingerprint density at radius 2 is 1.00 bits per heavy atom. The van der Waals surface area contributed by atoms with Crippen molar-refractivity contribution >= 4 is 24.2 Å². The molecule has 0 spiro atoms. The van der Waals surface area contributed by atoms with Gasteiger partial charge in [-0.2, -0.15) is 0 Å². The number of likely N-dealkylation sites (N-methyl/N-ethyl adjacent to an activating group) is 1. The second-order valence-electron chi connectivity index (χ2n) is 9.23. The highest BCUT2D eigenvalue weighted by molar-refractivity contribution is 5.99. The molecule has 0 saturated carbocycles. The fourth-order valence-corrected chi connectivity index (χ4v) is 3.72. The molecule has 4 aromatic rings. The number of carbonyl (C=O) groups is 4. The maximum Gasteiger partial charge on any atom is 0.514 e. The Morgan fingerprint density at radius 1 is 0.558 bits per heavy atom. The molecule has 0 fully saturated rings. The van der Waals surface area contributed by atoms with Crippen LogP contribution in [0.4, 0.5) is 14.4 Å². The summed E-state index contributed by atoms with van der Waals surface area (Å²) in [5, 5.41) is 0. The van der Waals surface area contributed by atoms with E-state index in [0.717, 1.165) is 21.6 Å². The van der Waals surface area contributed by atoms with Gasteiger partial charge in [0.1, 0.15) is 19.8 Å². The lowest BCUT2D eigenvalue weighted by atomic mass is 10.1. The van der Waals surface area contributed by atoms with Gasteiger partial charge in [-0.25, -0.2) is 14.4 Å². The highest BCUT2D eigenvalue weighted by Gasteiger charge is 2.21. The van der Waals surface area contributed by atoms with Crippen molar-refractivity contribution < 1.29 is 42.9 Å². The normalized spacial score (nSPS) is 10.3. The number of nitrogens with zero attached hydrogens (tertiary/aromatic N) is 1. The average molecular weight is 584 g/mol. The van der Waals surface area contributed by atoms with E-state index in [1.165, 1.54) is 25.2 Å². The topological polar surface area (TPSA) is 118 Å². The van der Waals surface area contributed by atoms with Crippen LogP contribution in [0.3, 0.4) is 0 Å². The standard InChI is InChI=1S/C33H29NO9/c1-34(31(36)39-21-24-11-5-2-6-12-24)20-28(35)27-17-18-29(42-32(37)40-22-25-13-7-3-8-14-25)30(19-27)43-33(38)41-23-26-15-9-4-10-16-26/h2-19H,20-23H2,1H3. The van der Waals surface area contributed by atoms with Crippen molar-refractivity contribution in [3.05, 3.63) is 131 Å². The summed E-state index contributed by atoms with van der Waals surface area (Å²) in [6.07, 6.45) is -2.83. The van der Waals surface area contributed by atoms with Crippen molar-refractivity contribution in [3.8, 4) is 11.5 Å². The molecule has 4 rings (SSSR count). The van der Waals surface area contributed by atoms with Crippen LogP contribution in [0, 0.1) is 0 Å². The van der Waals surface area contributed by atoms with Gasteiger partial charge in [-0.05, 0) is 34.9 Å². The molecule has 0 heterocycles. The Balaban J connectivity index is 1.42. The largest absolute Gasteiger partial charge is 0.514 e. The average Bonchev–Trinajstić information content (AvgIpc) is 3.04. The molecule has 0 aliphatic carbocycles. The molecule has 0 aromatic heterocycles. The summed E-state index contributed by atoms with van der Waals surface area (Å²) < 4.78 is 26.2. The zero-order valence-corrected chi connectivity index (χ0v) is 23.3. The van der Waals surface area contributed by atoms with Crippen LogP contribution in [0.1, 0.15) is 27.0 Å². The van der Waals surface area contributed by atoms with Gasteiger partial charge in [0.2, 0.25) is 0 Å². The first kappa shape index (κ1) is 30.3. The molecule has 0 atom stereocenters. The first-order chi connectivity index (χ1) is 20.9. The van der Waals surface area contributed by atoms with Crippen molar-refractivity contribution in [1.29, 1.82) is 0 Å². The van der Waals surface area contributed by atoms with Crippen LogP contribution in [0.25, 0.3) is 0 Å². The highest BCUT2D eigenvalue weighted by Crippen LogP contribution is 2.30. The molecule has 0 N–H and O–H groups in total. The van der Waals surface area contributed by atoms with Crippen LogP contribution in [0.5, 0.6) is 11.5 Å². The second-order valence-corrected chi connectivity index (χ2v) is 9.23. The third-order valence-electron chi connectivity index (χ3n) is 5.95. The lowest BCUT2D eigenvalue weighted by molar-refractivity contribution is 0.0825. The van der Waals surface area contributed by atoms with E-state index in [2.05, 4.69) is 0 Å². The lowest BCUT2D eigenvalue weighted by Gasteiger charge is -2.17. The second kappa shape index (κ2) is 15.4. The Morgan fingerprint density at radius 3 is 1.49 bits per heavy atom. The summed E-state index contributed by atoms with van der Waals surface area (Å²) >= 11 is 0. The highest BCUT2D eigenvalue weighted by atomic mass is 16.7. The number of ether oxygens (including phenoxy) is 5. The quantitative estimate of drug-likeness (QED) is 0.0836. The van der Waals surface area contributed by atoms with E-state index in [1.54, 1.807) is 48.5 Å². The molecule has 43 heavy (non-hydrogen) atoms. The molecule has 0 aliphatic heterocycles. The molecule has 10 nitrogen and oxygen atoms in total. The summed E-state index contributed by atoms with van der Waals surface area (Å²) in [4.78, 5) is 51.5. The van der Waals surface area contributed by atoms with Gasteiger partial charge in [0.15, 0.2) is 17.3 Å². The molecular formula is C33H29NO9. The van der Waals surface area contributed by atoms with E-state index >= 15 is 0 Å². The van der Waals surface area contributed by atoms with Crippen molar-refractivity contribution in [2.45, 2.75) is 19.8 Å². The third-order valence-corrected chi connectivity index (χ3v) is 5.95. The van der Waals surface area contributed by atoms with Crippen LogP contribution >= 0.6 is 0 Å². The Labute approximate surface area is 248 Å². The number of rotatable bonds is 11. The molecular weight excluding hydrogens is 554 g/mol. The summed E-state index contributed by atoms with van der Waals surface area (Å²) in [6.45, 7) is -0.389. The summed E-state index contributed by atoms with van der Waals surface area (Å²) in [5.74, 6) is -0.920. The molecule has 0 bridgehead atoms. The van der Waals surface area contributed by atoms with Gasteiger partial charge in [0, 0.05) is 12.6 Å². The molecule has 0 saturated heterocycles. The van der Waals surface area contributed by atoms with Gasteiger partial charge in [-0.1, -0.05) is 91.0 Å². The van der Waals surface area contributed by atoms with E-state index in [0.29, 0.717) is 0 Å². The Bertz CT molecular complexity index is 1530. The SMILES string of the molecule is CN(CC(=O)c1ccc(OC(=O)OCc2ccccc2)c(OC(=O)OCc2ccccc2)c1)C(=O)OCc1ccccc1. The van der Waals surface area contributed by atoms with Crippen molar-refractivity contribution in [2.24, 2.45) is 0 Å². The Kier molecular flexibility index (Phi) is 10.8. The van der Waals surface area contributed by atoms with Crippen LogP contribution in [-0.2, 0) is 34.0 Å². The first-order valence-corrected chi connectivity index (χ1v) is 13.2. The van der Waals surface area contributed by atoms with Crippen LogP contribution in [-0.4, -0.2) is 42.7 Å². The zero-order chi connectivity index (χ0) is 30.4. The number of carbonyl (C=O) groups excluding carboxylic acids is 4. The number of Topliss-reactive ketones (excluding diaryl/α,β-unsaturated/α-hetero) is 1. The minimum absolute atomic E-state index is 0.0434. The van der Waals surface area contributed by atoms with Crippen LogP contribution < -0.4 is 9.47 Å². The minimum Gasteiger partial charge on any atom is -0.445 e. The van der Waals surface area contributed by atoms with Gasteiger partial charge < -0.3 is 28.6 Å². The molecule has 0 unspecified atom stereocenters. The molecule has 0 aliphatic rings. The maximum absolute atomic E-state index is 13.0. The summed E-state index contributed by atoms with van der Waals surface area (Å²) in [7, 11) is 1.42. The van der Waals surface area contributed by atoms with Crippen molar-refractivity contribution in [2.75, 3.05) is 13.6 Å². The van der Waals surface area contributed by atoms with Gasteiger partial charge in [-0.15, -0.1) is 0 Å². The van der Waals surface area contributed by atoms with E-state index in [9.17, 15) is 19.2 Å². The third kappa shape index (κ3) is 9.75. The molecule has 1 amide bonds. The molecule has 0 radical (unpaired) electrons. The molecule has 220 valence electrons. The van der Waals surface area contributed by atoms with E-state index in [1.807, 2.05) is 42.5 Å². The van der Waals surface area contributed by atoms with E-state index in [-0.39, 0.29) is 43.4 Å². The molecule has 10 heteroatoms. The zero-order valence-electron chi connectivity index (χ0n) is 23.3. The summed E-state index contributed by atoms with van der Waals surface area (Å²) in [6, 6.07) is 30.9. The van der Waals surface area contributed by atoms with Crippen molar-refractivity contribution in [1.82, 2.24) is 4.90 Å². The van der Waals surface area contributed by atoms with E-state index < -0.39 is 24.2 Å². The van der Waals surface area contributed by atoms with Gasteiger partial charge in [-0.3, -0.25) is 4.79 Å². The lowest BCUT2D eigenvalue weighted by Crippen LogP contribution is -2.32. The van der Waals surface area contributed by atoms with Crippen LogP contribution in [0.2, 0.25) is 0 Å². The fraction of sp³-hybridized carbons (Fsp3) is 0.152. The van der Waals surface area contributed by atoms with Gasteiger partial charge >= 0.3 is 18.4 Å². The van der Waals surface area contributed by atoms with E-state index in [4.69, 9.17) is 23.7 Å². The minimum atomic E-state index is -1.09. The van der Waals surface area contributed by atoms with Gasteiger partial charge in [0.25, 0.3) is 0 Å². The van der Waals surface area contributed by atoms with Crippen molar-refractivity contribution in [3.63, 3.8) is 0 Å². The van der Waals surface area contributed by atoms with Crippen LogP contribution in [0.15, 0.2) is 109 Å². The number of amides is 1. The van der Waals surface area contributed by atoms with Gasteiger partial charge in [0.05, 0.1) is 6.54 Å². The fourth-order valence-electron chi connectivity index (χ4n) is 3.72. The monoisotopic (exact) mass is 583 g/mol. The smallest absolute Gasteiger partial charge is 0.445 e. The molecule has 4 aromatic carbocycles. The first-order valence-electron chi connectivity index (χ1n) is 13.2. The number of hydrogen-bond acceptors (Lipinski definition) is 9. The predicted octanol–water partition coefficient (Wildman–Crippen LogP) is 6.57.